The Kier molecular flexibility index (Phi) is 7.72. The summed E-state index contributed by atoms with van der Waals surface area (Å²) < 4.78 is 0. The fourth-order valence-electron chi connectivity index (χ4n) is 5.04. The monoisotopic (exact) mass is 555 g/mol. The van der Waals surface area contributed by atoms with Crippen LogP contribution in [0.25, 0.3) is 11.4 Å². The average molecular weight is 556 g/mol. The molecule has 194 valence electrons. The Morgan fingerprint density at radius 1 is 0.600 bits per heavy atom. The second kappa shape index (κ2) is 11.9. The highest BCUT2D eigenvalue weighted by Crippen LogP contribution is 2.55. The van der Waals surface area contributed by atoms with Gasteiger partial charge in [0, 0.05) is 11.1 Å². The van der Waals surface area contributed by atoms with Crippen LogP contribution in [0.5, 0.6) is 0 Å². The molecule has 0 radical (unpaired) electrons. The van der Waals surface area contributed by atoms with Crippen molar-refractivity contribution in [2.45, 2.75) is 5.03 Å². The number of carbonyl (C=O) groups is 1. The molecule has 1 heterocycles. The topological polar surface area (TPSA) is 45.8 Å². The molecule has 6 rings (SSSR count). The van der Waals surface area contributed by atoms with E-state index in [1.54, 1.807) is 0 Å². The van der Waals surface area contributed by atoms with Gasteiger partial charge in [0.2, 0.25) is 5.44 Å². The number of imidazole rings is 1. The predicted octanol–water partition coefficient (Wildman–Crippen LogP) is 6.67. The number of aromatic nitrogens is 2. The number of aromatic amines is 1. The van der Waals surface area contributed by atoms with Crippen LogP contribution in [0.4, 0.5) is 0 Å². The van der Waals surface area contributed by atoms with Crippen LogP contribution in [-0.2, 0) is 0 Å². The minimum absolute atomic E-state index is 0.0869. The Balaban J connectivity index is 1.60. The third-order valence-electron chi connectivity index (χ3n) is 6.90. The van der Waals surface area contributed by atoms with Crippen LogP contribution >= 0.6 is 19.0 Å². The van der Waals surface area contributed by atoms with Crippen LogP contribution in [0.2, 0.25) is 0 Å². The molecule has 3 nitrogen and oxygen atoms in total. The molecule has 40 heavy (non-hydrogen) atoms. The lowest BCUT2D eigenvalue weighted by atomic mass is 10.2. The van der Waals surface area contributed by atoms with Gasteiger partial charge in [-0.3, -0.25) is 4.79 Å². The molecule has 0 saturated carbocycles. The van der Waals surface area contributed by atoms with Crippen LogP contribution in [0.1, 0.15) is 10.4 Å². The van der Waals surface area contributed by atoms with Crippen LogP contribution < -0.4 is 21.3 Å². The van der Waals surface area contributed by atoms with Crippen molar-refractivity contribution < 1.29 is 4.79 Å². The number of hydrogen-bond acceptors (Lipinski definition) is 3. The summed E-state index contributed by atoms with van der Waals surface area (Å²) in [5, 5.41) is 4.54. The molecule has 0 spiro atoms. The molecule has 1 N–H and O–H groups in total. The standard InChI is InChI=1S/C35H28N2OPS/c38-32(27-16-6-1-7-17-27)26-40-35-34(36-33(37-35)28-18-8-2-9-19-28)39(29-20-10-3-11-21-29,30-22-12-4-13-23-30)31-24-14-5-15-25-31/h1-25H,26H2,(H,36,37)/q+1. The lowest BCUT2D eigenvalue weighted by Gasteiger charge is -2.26. The fraction of sp³-hybridized carbons (Fsp3) is 0.0286. The number of rotatable bonds is 9. The molecular weight excluding hydrogens is 527 g/mol. The summed E-state index contributed by atoms with van der Waals surface area (Å²) in [5.74, 6) is 1.19. The zero-order chi connectivity index (χ0) is 27.2. The smallest absolute Gasteiger partial charge is 0.210 e. The lowest BCUT2D eigenvalue weighted by Crippen LogP contribution is -2.40. The van der Waals surface area contributed by atoms with Crippen molar-refractivity contribution in [3.8, 4) is 11.4 Å². The van der Waals surface area contributed by atoms with Gasteiger partial charge >= 0.3 is 0 Å². The molecule has 5 aromatic carbocycles. The number of thioether (sulfide) groups is 1. The molecule has 0 atom stereocenters. The number of hydrogen-bond donors (Lipinski definition) is 1. The summed E-state index contributed by atoms with van der Waals surface area (Å²) in [4.78, 5) is 22.2. The predicted molar refractivity (Wildman–Crippen MR) is 170 cm³/mol. The van der Waals surface area contributed by atoms with Crippen molar-refractivity contribution in [1.29, 1.82) is 0 Å². The van der Waals surface area contributed by atoms with Crippen molar-refractivity contribution >= 4 is 46.2 Å². The number of nitrogens with zero attached hydrogens (tertiary/aromatic N) is 1. The third-order valence-corrected chi connectivity index (χ3v) is 12.2. The largest absolute Gasteiger partial charge is 0.307 e. The van der Waals surface area contributed by atoms with E-state index in [2.05, 4.69) is 108 Å². The van der Waals surface area contributed by atoms with E-state index in [0.717, 1.165) is 21.8 Å². The van der Waals surface area contributed by atoms with E-state index in [1.807, 2.05) is 48.5 Å². The number of nitrogens with one attached hydrogen (secondary N) is 1. The summed E-state index contributed by atoms with van der Waals surface area (Å²) in [6.45, 7) is 0. The maximum Gasteiger partial charge on any atom is 0.210 e. The first kappa shape index (κ1) is 26.0. The lowest BCUT2D eigenvalue weighted by molar-refractivity contribution is 0.102. The molecule has 0 aliphatic heterocycles. The van der Waals surface area contributed by atoms with E-state index in [-0.39, 0.29) is 5.78 Å². The van der Waals surface area contributed by atoms with Crippen LogP contribution in [0.3, 0.4) is 0 Å². The van der Waals surface area contributed by atoms with Crippen molar-refractivity contribution in [2.75, 3.05) is 5.75 Å². The molecule has 5 heteroatoms. The van der Waals surface area contributed by atoms with E-state index in [0.29, 0.717) is 11.3 Å². The Labute approximate surface area is 239 Å². The minimum Gasteiger partial charge on any atom is -0.307 e. The van der Waals surface area contributed by atoms with Gasteiger partial charge in [0.15, 0.2) is 18.1 Å². The number of ketones is 1. The summed E-state index contributed by atoms with van der Waals surface area (Å²) in [6.07, 6.45) is 0. The fourth-order valence-corrected chi connectivity index (χ4v) is 10.6. The second-order valence-corrected chi connectivity index (χ2v) is 13.7. The number of carbonyl (C=O) groups excluding carboxylic acids is 1. The van der Waals surface area contributed by atoms with E-state index in [1.165, 1.54) is 27.7 Å². The zero-order valence-corrected chi connectivity index (χ0v) is 23.6. The molecule has 6 aromatic rings. The van der Waals surface area contributed by atoms with Crippen molar-refractivity contribution in [1.82, 2.24) is 9.97 Å². The van der Waals surface area contributed by atoms with Crippen molar-refractivity contribution in [3.05, 3.63) is 157 Å². The number of benzene rings is 5. The quantitative estimate of drug-likeness (QED) is 0.123. The normalized spacial score (nSPS) is 11.3. The van der Waals surface area contributed by atoms with Gasteiger partial charge in [-0.25, -0.2) is 4.98 Å². The Morgan fingerprint density at radius 2 is 1.02 bits per heavy atom. The first-order valence-electron chi connectivity index (χ1n) is 13.2. The Bertz CT molecular complexity index is 1590. The summed E-state index contributed by atoms with van der Waals surface area (Å²) in [6, 6.07) is 51.8. The summed E-state index contributed by atoms with van der Waals surface area (Å²) >= 11 is 1.51. The van der Waals surface area contributed by atoms with Gasteiger partial charge in [-0.05, 0) is 36.4 Å². The van der Waals surface area contributed by atoms with Crippen LogP contribution in [-0.4, -0.2) is 21.5 Å². The van der Waals surface area contributed by atoms with Gasteiger partial charge in [0.25, 0.3) is 0 Å². The van der Waals surface area contributed by atoms with E-state index >= 15 is 0 Å². The molecule has 0 fully saturated rings. The molecule has 0 amide bonds. The van der Waals surface area contributed by atoms with Crippen molar-refractivity contribution in [2.24, 2.45) is 0 Å². The zero-order valence-electron chi connectivity index (χ0n) is 21.9. The third kappa shape index (κ3) is 5.04. The van der Waals surface area contributed by atoms with E-state index in [4.69, 9.17) is 4.98 Å². The number of H-pyrrole nitrogens is 1. The second-order valence-electron chi connectivity index (χ2n) is 9.36. The van der Waals surface area contributed by atoms with Gasteiger partial charge in [0.05, 0.1) is 5.75 Å². The highest BCUT2D eigenvalue weighted by atomic mass is 32.2. The highest BCUT2D eigenvalue weighted by Gasteiger charge is 2.51. The van der Waals surface area contributed by atoms with Crippen molar-refractivity contribution in [3.63, 3.8) is 0 Å². The van der Waals surface area contributed by atoms with Gasteiger partial charge in [0.1, 0.15) is 21.7 Å². The summed E-state index contributed by atoms with van der Waals surface area (Å²) in [7, 11) is -2.42. The SMILES string of the molecule is O=C(CSc1nc(-c2ccccc2)[nH]c1[P+](c1ccccc1)(c1ccccc1)c1ccccc1)c1ccccc1. The van der Waals surface area contributed by atoms with Crippen LogP contribution in [0.15, 0.2) is 157 Å². The Hall–Kier alpha value is -4.24. The van der Waals surface area contributed by atoms with Gasteiger partial charge < -0.3 is 4.98 Å². The number of Topliss-reactive ketones (excluding diaryl/α,β-unsaturated/α-hetero) is 1. The van der Waals surface area contributed by atoms with Gasteiger partial charge in [-0.2, -0.15) is 0 Å². The Morgan fingerprint density at radius 3 is 1.50 bits per heavy atom. The minimum atomic E-state index is -2.42. The first-order chi connectivity index (χ1) is 19.8. The maximum atomic E-state index is 13.2. The first-order valence-corrected chi connectivity index (χ1v) is 16.0. The van der Waals surface area contributed by atoms with Gasteiger partial charge in [-0.1, -0.05) is 127 Å². The van der Waals surface area contributed by atoms with E-state index < -0.39 is 7.26 Å². The molecule has 0 aliphatic carbocycles. The molecule has 0 aliphatic rings. The summed E-state index contributed by atoms with van der Waals surface area (Å²) in [5.41, 5.74) is 2.78. The molecule has 0 unspecified atom stereocenters. The van der Waals surface area contributed by atoms with E-state index in [9.17, 15) is 4.79 Å². The highest BCUT2D eigenvalue weighted by molar-refractivity contribution is 8.04. The molecule has 1 aromatic heterocycles. The van der Waals surface area contributed by atoms with Crippen LogP contribution in [0, 0.1) is 0 Å². The molecular formula is C35H28N2OPS+. The maximum absolute atomic E-state index is 13.2. The average Bonchev–Trinajstić information content (AvgIpc) is 3.47. The van der Waals surface area contributed by atoms with Gasteiger partial charge in [-0.15, -0.1) is 0 Å². The molecule has 0 bridgehead atoms. The molecule has 0 saturated heterocycles.